The van der Waals surface area contributed by atoms with E-state index in [4.69, 9.17) is 14.7 Å². The summed E-state index contributed by atoms with van der Waals surface area (Å²) in [6, 6.07) is 35.5. The van der Waals surface area contributed by atoms with Gasteiger partial charge < -0.3 is 14.2 Å². The number of aromatic nitrogens is 4. The lowest BCUT2D eigenvalue weighted by Crippen LogP contribution is -2.35. The van der Waals surface area contributed by atoms with Gasteiger partial charge in [0, 0.05) is 22.6 Å². The molecule has 5 heterocycles. The van der Waals surface area contributed by atoms with Gasteiger partial charge in [-0.2, -0.15) is 0 Å². The summed E-state index contributed by atoms with van der Waals surface area (Å²) in [4.78, 5) is 12.8. The van der Waals surface area contributed by atoms with Crippen molar-refractivity contribution in [3.05, 3.63) is 109 Å². The van der Waals surface area contributed by atoms with E-state index in [0.29, 0.717) is 9.52 Å². The molecular formula is C33H25N5OSi. The van der Waals surface area contributed by atoms with Crippen LogP contribution in [-0.4, -0.2) is 34.3 Å². The van der Waals surface area contributed by atoms with Gasteiger partial charge in [0.15, 0.2) is 17.3 Å². The standard InChI is InChI=1S/C33H25N5OSi/c1-21(40-2)37-27-14-7-8-15-28(27)39-29-20-24-23-11-4-6-13-26(23)38(32(24)35-33(29)37)31-17-9-16-30(34-31)36-19-18-22-10-3-5-12-25(22)36/h3-21H,1-2H3. The number of anilines is 2. The van der Waals surface area contributed by atoms with Gasteiger partial charge in [-0.25, -0.2) is 9.97 Å². The molecule has 0 amide bonds. The highest BCUT2D eigenvalue weighted by Gasteiger charge is 2.30. The largest absolute Gasteiger partial charge is 0.451 e. The highest BCUT2D eigenvalue weighted by atomic mass is 28.2. The zero-order valence-electron chi connectivity index (χ0n) is 22.1. The first-order valence-electron chi connectivity index (χ1n) is 13.4. The Morgan fingerprint density at radius 3 is 2.40 bits per heavy atom. The topological polar surface area (TPSA) is 48.1 Å². The molecule has 3 aromatic carbocycles. The van der Waals surface area contributed by atoms with Crippen LogP contribution in [0.4, 0.5) is 11.5 Å². The van der Waals surface area contributed by atoms with Gasteiger partial charge in [-0.1, -0.05) is 61.1 Å². The molecule has 40 heavy (non-hydrogen) atoms. The fraction of sp³-hybridized carbons (Fsp3) is 0.0909. The summed E-state index contributed by atoms with van der Waals surface area (Å²) < 4.78 is 10.8. The molecule has 0 saturated heterocycles. The minimum atomic E-state index is 0.273. The van der Waals surface area contributed by atoms with Crippen LogP contribution in [0, 0.1) is 0 Å². The number of para-hydroxylation sites is 4. The SMILES string of the molecule is C[Si]C(C)N1c2ccccc2Oc2cc3c4ccccc4n(-c4cccc(-n5ccc6ccccc65)n4)c3nc21. The lowest BCUT2D eigenvalue weighted by Gasteiger charge is -2.35. The molecule has 0 aliphatic carbocycles. The maximum Gasteiger partial charge on any atom is 0.178 e. The first kappa shape index (κ1) is 23.0. The summed E-state index contributed by atoms with van der Waals surface area (Å²) in [5.41, 5.74) is 4.37. The van der Waals surface area contributed by atoms with Gasteiger partial charge in [0.05, 0.1) is 26.2 Å². The second-order valence-corrected chi connectivity index (χ2v) is 11.4. The van der Waals surface area contributed by atoms with Crippen molar-refractivity contribution >= 4 is 53.9 Å². The van der Waals surface area contributed by atoms with Gasteiger partial charge in [0.25, 0.3) is 0 Å². The Morgan fingerprint density at radius 2 is 1.50 bits per heavy atom. The van der Waals surface area contributed by atoms with E-state index in [1.54, 1.807) is 0 Å². The molecule has 7 heteroatoms. The zero-order valence-corrected chi connectivity index (χ0v) is 23.1. The second-order valence-electron chi connectivity index (χ2n) is 10.0. The van der Waals surface area contributed by atoms with E-state index < -0.39 is 0 Å². The highest BCUT2D eigenvalue weighted by molar-refractivity contribution is 6.37. The average Bonchev–Trinajstić information content (AvgIpc) is 3.58. The molecule has 2 radical (unpaired) electrons. The monoisotopic (exact) mass is 535 g/mol. The van der Waals surface area contributed by atoms with Crippen LogP contribution in [0.2, 0.25) is 6.55 Å². The summed E-state index contributed by atoms with van der Waals surface area (Å²) in [5, 5.41) is 3.34. The maximum atomic E-state index is 6.45. The molecule has 0 fully saturated rings. The number of rotatable bonds is 4. The third-order valence-electron chi connectivity index (χ3n) is 7.77. The molecule has 6 nitrogen and oxygen atoms in total. The molecule has 0 spiro atoms. The van der Waals surface area contributed by atoms with Crippen molar-refractivity contribution < 1.29 is 4.74 Å². The Morgan fingerprint density at radius 1 is 0.725 bits per heavy atom. The first-order chi connectivity index (χ1) is 19.7. The smallest absolute Gasteiger partial charge is 0.178 e. The lowest BCUT2D eigenvalue weighted by atomic mass is 10.1. The number of benzene rings is 3. The quantitative estimate of drug-likeness (QED) is 0.215. The van der Waals surface area contributed by atoms with Crippen LogP contribution in [0.15, 0.2) is 109 Å². The van der Waals surface area contributed by atoms with E-state index in [9.17, 15) is 0 Å². The minimum absolute atomic E-state index is 0.273. The molecule has 7 aromatic rings. The summed E-state index contributed by atoms with van der Waals surface area (Å²) >= 11 is 0. The summed E-state index contributed by atoms with van der Waals surface area (Å²) in [5.74, 6) is 4.16. The average molecular weight is 536 g/mol. The van der Waals surface area contributed by atoms with E-state index in [1.807, 2.05) is 12.1 Å². The Balaban J connectivity index is 1.38. The van der Waals surface area contributed by atoms with Crippen LogP contribution in [-0.2, 0) is 0 Å². The van der Waals surface area contributed by atoms with Crippen LogP contribution in [0.5, 0.6) is 11.5 Å². The number of pyridine rings is 2. The van der Waals surface area contributed by atoms with Crippen molar-refractivity contribution in [2.75, 3.05) is 4.90 Å². The molecule has 192 valence electrons. The normalized spacial score (nSPS) is 13.4. The van der Waals surface area contributed by atoms with Gasteiger partial charge in [0.2, 0.25) is 0 Å². The Labute approximate surface area is 233 Å². The zero-order chi connectivity index (χ0) is 26.8. The van der Waals surface area contributed by atoms with E-state index in [1.165, 1.54) is 5.39 Å². The number of nitrogens with zero attached hydrogens (tertiary/aromatic N) is 5. The fourth-order valence-corrected chi connectivity index (χ4v) is 6.30. The Hall–Kier alpha value is -4.88. The molecule has 0 saturated carbocycles. The molecule has 8 rings (SSSR count). The third kappa shape index (κ3) is 3.34. The molecule has 1 aliphatic heterocycles. The predicted octanol–water partition coefficient (Wildman–Crippen LogP) is 7.86. The van der Waals surface area contributed by atoms with E-state index in [2.05, 4.69) is 125 Å². The molecule has 1 atom stereocenters. The van der Waals surface area contributed by atoms with Gasteiger partial charge in [-0.05, 0) is 60.8 Å². The van der Waals surface area contributed by atoms with Crippen LogP contribution in [0.1, 0.15) is 6.92 Å². The van der Waals surface area contributed by atoms with Crippen LogP contribution < -0.4 is 9.64 Å². The maximum absolute atomic E-state index is 6.45. The van der Waals surface area contributed by atoms with Crippen molar-refractivity contribution in [3.63, 3.8) is 0 Å². The lowest BCUT2D eigenvalue weighted by molar-refractivity contribution is 0.470. The summed E-state index contributed by atoms with van der Waals surface area (Å²) in [7, 11) is 0.710. The van der Waals surface area contributed by atoms with Crippen molar-refractivity contribution in [3.8, 4) is 23.1 Å². The highest BCUT2D eigenvalue weighted by Crippen LogP contribution is 2.48. The van der Waals surface area contributed by atoms with Crippen molar-refractivity contribution in [1.82, 2.24) is 19.1 Å². The second kappa shape index (κ2) is 8.82. The van der Waals surface area contributed by atoms with Crippen molar-refractivity contribution in [1.29, 1.82) is 0 Å². The molecule has 1 unspecified atom stereocenters. The molecule has 0 bridgehead atoms. The molecular weight excluding hydrogens is 510 g/mol. The molecule has 1 aliphatic rings. The predicted molar refractivity (Wildman–Crippen MR) is 163 cm³/mol. The van der Waals surface area contributed by atoms with Crippen molar-refractivity contribution in [2.45, 2.75) is 19.1 Å². The Bertz CT molecular complexity index is 2080. The van der Waals surface area contributed by atoms with E-state index >= 15 is 0 Å². The van der Waals surface area contributed by atoms with Gasteiger partial charge in [0.1, 0.15) is 17.3 Å². The molecule has 0 N–H and O–H groups in total. The van der Waals surface area contributed by atoms with E-state index in [0.717, 1.165) is 62.1 Å². The fourth-order valence-electron chi connectivity index (χ4n) is 5.78. The van der Waals surface area contributed by atoms with Gasteiger partial charge in [-0.3, -0.25) is 4.57 Å². The number of hydrogen-bond acceptors (Lipinski definition) is 4. The van der Waals surface area contributed by atoms with Gasteiger partial charge >= 0.3 is 0 Å². The Kier molecular flexibility index (Phi) is 5.08. The van der Waals surface area contributed by atoms with Crippen LogP contribution in [0.3, 0.4) is 0 Å². The van der Waals surface area contributed by atoms with Gasteiger partial charge in [-0.15, -0.1) is 0 Å². The summed E-state index contributed by atoms with van der Waals surface area (Å²) in [6.07, 6.45) is 2.08. The third-order valence-corrected chi connectivity index (χ3v) is 8.86. The minimum Gasteiger partial charge on any atom is -0.451 e. The van der Waals surface area contributed by atoms with Crippen molar-refractivity contribution in [2.24, 2.45) is 0 Å². The van der Waals surface area contributed by atoms with Crippen LogP contribution in [0.25, 0.3) is 44.5 Å². The number of ether oxygens (including phenoxy) is 1. The number of fused-ring (bicyclic) bond motifs is 6. The molecule has 4 aromatic heterocycles. The van der Waals surface area contributed by atoms with E-state index in [-0.39, 0.29) is 5.67 Å². The number of hydrogen-bond donors (Lipinski definition) is 0. The summed E-state index contributed by atoms with van der Waals surface area (Å²) in [6.45, 7) is 4.48. The van der Waals surface area contributed by atoms with Crippen LogP contribution >= 0.6 is 0 Å². The first-order valence-corrected chi connectivity index (χ1v) is 15.0.